The Morgan fingerprint density at radius 2 is 2.25 bits per heavy atom. The molecule has 1 rings (SSSR count). The van der Waals surface area contributed by atoms with Crippen LogP contribution in [0.2, 0.25) is 0 Å². The summed E-state index contributed by atoms with van der Waals surface area (Å²) in [6.07, 6.45) is 8.87. The number of aryl methyl sites for hydroxylation is 1. The fraction of sp³-hybridized carbons (Fsp3) is 0.231. The smallest absolute Gasteiger partial charge is 0.218 e. The Morgan fingerprint density at radius 3 is 2.88 bits per heavy atom. The van der Waals surface area contributed by atoms with Gasteiger partial charge in [0.15, 0.2) is 0 Å². The van der Waals surface area contributed by atoms with Crippen molar-refractivity contribution in [2.45, 2.75) is 20.8 Å². The van der Waals surface area contributed by atoms with Gasteiger partial charge in [0.1, 0.15) is 5.76 Å². The Kier molecular flexibility index (Phi) is 4.99. The Balaban J connectivity index is 2.56. The van der Waals surface area contributed by atoms with Crippen molar-refractivity contribution in [2.24, 2.45) is 4.99 Å². The molecule has 0 fully saturated rings. The fourth-order valence-corrected chi connectivity index (χ4v) is 1.03. The van der Waals surface area contributed by atoms with E-state index in [1.54, 1.807) is 18.6 Å². The molecule has 1 aromatic heterocycles. The van der Waals surface area contributed by atoms with Crippen LogP contribution in [0.15, 0.2) is 47.4 Å². The van der Waals surface area contributed by atoms with Crippen molar-refractivity contribution in [1.82, 2.24) is 4.98 Å². The summed E-state index contributed by atoms with van der Waals surface area (Å²) in [5.41, 5.74) is 1.12. The highest BCUT2D eigenvalue weighted by Crippen LogP contribution is 2.10. The molecule has 1 aromatic rings. The van der Waals surface area contributed by atoms with Crippen LogP contribution in [-0.2, 0) is 0 Å². The molecule has 0 amide bonds. The van der Waals surface area contributed by atoms with Crippen molar-refractivity contribution < 1.29 is 4.74 Å². The summed E-state index contributed by atoms with van der Waals surface area (Å²) in [5, 5.41) is 0. The minimum atomic E-state index is 0.603. The topological polar surface area (TPSA) is 34.5 Å². The fourth-order valence-electron chi connectivity index (χ4n) is 1.03. The minimum absolute atomic E-state index is 0.603. The van der Waals surface area contributed by atoms with Gasteiger partial charge in [-0.1, -0.05) is 6.07 Å². The Labute approximate surface area is 96.2 Å². The molecule has 16 heavy (non-hydrogen) atoms. The third kappa shape index (κ3) is 4.55. The van der Waals surface area contributed by atoms with E-state index in [0.29, 0.717) is 5.88 Å². The molecule has 0 bridgehead atoms. The summed E-state index contributed by atoms with van der Waals surface area (Å²) >= 11 is 0. The molecule has 0 aromatic carbocycles. The van der Waals surface area contributed by atoms with E-state index in [1.165, 1.54) is 0 Å². The van der Waals surface area contributed by atoms with Crippen LogP contribution in [0.4, 0.5) is 0 Å². The SMILES string of the molecule is CC=N/C=C\C=C(/C)Oc1ccc(C)cn1. The second kappa shape index (κ2) is 6.56. The van der Waals surface area contributed by atoms with E-state index in [-0.39, 0.29) is 0 Å². The van der Waals surface area contributed by atoms with Crippen molar-refractivity contribution in [3.8, 4) is 5.88 Å². The van der Waals surface area contributed by atoms with E-state index in [4.69, 9.17) is 4.74 Å². The van der Waals surface area contributed by atoms with Gasteiger partial charge in [-0.3, -0.25) is 4.99 Å². The van der Waals surface area contributed by atoms with Gasteiger partial charge >= 0.3 is 0 Å². The van der Waals surface area contributed by atoms with E-state index in [2.05, 4.69) is 9.98 Å². The summed E-state index contributed by atoms with van der Waals surface area (Å²) in [6.45, 7) is 5.74. The van der Waals surface area contributed by atoms with Crippen molar-refractivity contribution >= 4 is 6.21 Å². The molecule has 3 nitrogen and oxygen atoms in total. The molecule has 0 aliphatic carbocycles. The van der Waals surface area contributed by atoms with Crippen LogP contribution >= 0.6 is 0 Å². The van der Waals surface area contributed by atoms with E-state index >= 15 is 0 Å². The first-order chi connectivity index (χ1) is 7.72. The molecule has 3 heteroatoms. The van der Waals surface area contributed by atoms with E-state index in [1.807, 2.05) is 45.1 Å². The quantitative estimate of drug-likeness (QED) is 0.440. The number of nitrogens with zero attached hydrogens (tertiary/aromatic N) is 2. The Hall–Kier alpha value is -1.90. The Morgan fingerprint density at radius 1 is 1.44 bits per heavy atom. The van der Waals surface area contributed by atoms with Crippen molar-refractivity contribution in [3.05, 3.63) is 48.0 Å². The number of ether oxygens (including phenoxy) is 1. The van der Waals surface area contributed by atoms with Crippen LogP contribution in [0.3, 0.4) is 0 Å². The molecule has 0 atom stereocenters. The lowest BCUT2D eigenvalue weighted by molar-refractivity contribution is 0.411. The van der Waals surface area contributed by atoms with Gasteiger partial charge in [-0.2, -0.15) is 0 Å². The highest BCUT2D eigenvalue weighted by Gasteiger charge is 1.94. The lowest BCUT2D eigenvalue weighted by Gasteiger charge is -2.03. The minimum Gasteiger partial charge on any atom is -0.444 e. The first-order valence-corrected chi connectivity index (χ1v) is 5.14. The number of hydrogen-bond donors (Lipinski definition) is 0. The average Bonchev–Trinajstić information content (AvgIpc) is 2.28. The number of aromatic nitrogens is 1. The highest BCUT2D eigenvalue weighted by molar-refractivity contribution is 5.54. The third-order valence-electron chi connectivity index (χ3n) is 1.80. The zero-order valence-electron chi connectivity index (χ0n) is 9.84. The highest BCUT2D eigenvalue weighted by atomic mass is 16.5. The standard InChI is InChI=1S/C13H16N2O/c1-4-14-9-5-6-12(3)16-13-8-7-11(2)10-15-13/h4-10H,1-3H3/b9-5-,12-6+,14-4?. The molecule has 1 heterocycles. The maximum Gasteiger partial charge on any atom is 0.218 e. The molecule has 0 aliphatic heterocycles. The normalized spacial score (nSPS) is 12.6. The van der Waals surface area contributed by atoms with Crippen LogP contribution in [0.5, 0.6) is 5.88 Å². The molecule has 0 unspecified atom stereocenters. The average molecular weight is 216 g/mol. The molecule has 0 spiro atoms. The molecule has 0 aliphatic rings. The third-order valence-corrected chi connectivity index (χ3v) is 1.80. The van der Waals surface area contributed by atoms with Crippen LogP contribution in [0.25, 0.3) is 0 Å². The van der Waals surface area contributed by atoms with Gasteiger partial charge < -0.3 is 4.74 Å². The monoisotopic (exact) mass is 216 g/mol. The van der Waals surface area contributed by atoms with Gasteiger partial charge in [-0.05, 0) is 38.5 Å². The van der Waals surface area contributed by atoms with Crippen LogP contribution in [0, 0.1) is 6.92 Å². The van der Waals surface area contributed by atoms with Crippen LogP contribution < -0.4 is 4.74 Å². The van der Waals surface area contributed by atoms with Crippen LogP contribution in [0.1, 0.15) is 19.4 Å². The van der Waals surface area contributed by atoms with Gasteiger partial charge in [0, 0.05) is 24.7 Å². The molecule has 0 radical (unpaired) electrons. The first kappa shape index (κ1) is 12.2. The van der Waals surface area contributed by atoms with E-state index in [9.17, 15) is 0 Å². The molecular formula is C13H16N2O. The largest absolute Gasteiger partial charge is 0.444 e. The summed E-state index contributed by atoms with van der Waals surface area (Å²) in [5.74, 6) is 1.38. The number of rotatable bonds is 4. The van der Waals surface area contributed by atoms with Gasteiger partial charge in [-0.25, -0.2) is 4.98 Å². The zero-order valence-corrected chi connectivity index (χ0v) is 9.84. The predicted octanol–water partition coefficient (Wildman–Crippen LogP) is 3.28. The lowest BCUT2D eigenvalue weighted by Crippen LogP contribution is -1.92. The first-order valence-electron chi connectivity index (χ1n) is 5.14. The molecular weight excluding hydrogens is 200 g/mol. The van der Waals surface area contributed by atoms with Gasteiger partial charge in [0.05, 0.1) is 0 Å². The summed E-state index contributed by atoms with van der Waals surface area (Å²) in [4.78, 5) is 8.09. The summed E-state index contributed by atoms with van der Waals surface area (Å²) in [6, 6.07) is 3.81. The van der Waals surface area contributed by atoms with Crippen molar-refractivity contribution in [1.29, 1.82) is 0 Å². The molecule has 0 saturated carbocycles. The predicted molar refractivity (Wildman–Crippen MR) is 66.7 cm³/mol. The van der Waals surface area contributed by atoms with Gasteiger partial charge in [0.25, 0.3) is 0 Å². The molecule has 0 saturated heterocycles. The second-order valence-corrected chi connectivity index (χ2v) is 3.30. The maximum atomic E-state index is 5.50. The maximum absolute atomic E-state index is 5.50. The van der Waals surface area contributed by atoms with Crippen molar-refractivity contribution in [3.63, 3.8) is 0 Å². The van der Waals surface area contributed by atoms with Gasteiger partial charge in [-0.15, -0.1) is 0 Å². The summed E-state index contributed by atoms with van der Waals surface area (Å²) < 4.78 is 5.50. The number of hydrogen-bond acceptors (Lipinski definition) is 3. The van der Waals surface area contributed by atoms with E-state index < -0.39 is 0 Å². The molecule has 0 N–H and O–H groups in total. The lowest BCUT2D eigenvalue weighted by atomic mass is 10.3. The molecule has 84 valence electrons. The summed E-state index contributed by atoms with van der Waals surface area (Å²) in [7, 11) is 0. The second-order valence-electron chi connectivity index (χ2n) is 3.30. The Bertz CT molecular complexity index is 402. The van der Waals surface area contributed by atoms with Crippen molar-refractivity contribution in [2.75, 3.05) is 0 Å². The number of aliphatic imine (C=N–C) groups is 1. The van der Waals surface area contributed by atoms with Crippen LogP contribution in [-0.4, -0.2) is 11.2 Å². The van der Waals surface area contributed by atoms with E-state index in [0.717, 1.165) is 11.3 Å². The number of allylic oxidation sites excluding steroid dienone is 3. The number of pyridine rings is 1. The van der Waals surface area contributed by atoms with Gasteiger partial charge in [0.2, 0.25) is 5.88 Å². The zero-order chi connectivity index (χ0) is 11.8.